The highest BCUT2D eigenvalue weighted by Crippen LogP contribution is 2.23. The Morgan fingerprint density at radius 2 is 2.10 bits per heavy atom. The van der Waals surface area contributed by atoms with E-state index in [-0.39, 0.29) is 11.9 Å². The summed E-state index contributed by atoms with van der Waals surface area (Å²) in [5.41, 5.74) is 3.04. The highest BCUT2D eigenvalue weighted by atomic mass is 16.5. The van der Waals surface area contributed by atoms with Crippen LogP contribution in [0.1, 0.15) is 48.3 Å². The van der Waals surface area contributed by atoms with Crippen LogP contribution in [0.4, 0.5) is 0 Å². The molecule has 0 N–H and O–H groups in total. The highest BCUT2D eigenvalue weighted by Gasteiger charge is 2.19. The third kappa shape index (κ3) is 3.24. The van der Waals surface area contributed by atoms with Crippen LogP contribution in [0.25, 0.3) is 11.4 Å². The summed E-state index contributed by atoms with van der Waals surface area (Å²) in [5.74, 6) is 0.302. The lowest BCUT2D eigenvalue weighted by Crippen LogP contribution is -2.12. The largest absolute Gasteiger partial charge is 0.462 e. The monoisotopic (exact) mass is 285 g/mol. The average molecular weight is 285 g/mol. The summed E-state index contributed by atoms with van der Waals surface area (Å²) in [6.45, 7) is 8.07. The summed E-state index contributed by atoms with van der Waals surface area (Å²) in [5, 5.41) is 0. The molecule has 0 aliphatic rings. The molecular weight excluding hydrogens is 266 g/mol. The fourth-order valence-corrected chi connectivity index (χ4v) is 2.03. The molecule has 0 aliphatic heterocycles. The van der Waals surface area contributed by atoms with E-state index in [4.69, 9.17) is 4.74 Å². The fourth-order valence-electron chi connectivity index (χ4n) is 2.03. The van der Waals surface area contributed by atoms with Gasteiger partial charge in [-0.3, -0.25) is 4.98 Å². The minimum Gasteiger partial charge on any atom is -0.462 e. The topological polar surface area (TPSA) is 65.0 Å². The number of ether oxygens (including phenoxy) is 1. The van der Waals surface area contributed by atoms with Crippen molar-refractivity contribution >= 4 is 5.97 Å². The summed E-state index contributed by atoms with van der Waals surface area (Å²) < 4.78 is 5.06. The van der Waals surface area contributed by atoms with Crippen LogP contribution in [-0.4, -0.2) is 27.5 Å². The van der Waals surface area contributed by atoms with E-state index in [2.05, 4.69) is 15.0 Å². The van der Waals surface area contributed by atoms with E-state index in [1.165, 1.54) is 0 Å². The molecule has 2 heterocycles. The predicted molar refractivity (Wildman–Crippen MR) is 80.0 cm³/mol. The van der Waals surface area contributed by atoms with Crippen molar-refractivity contribution in [3.05, 3.63) is 41.5 Å². The van der Waals surface area contributed by atoms with Gasteiger partial charge in [-0.05, 0) is 31.4 Å². The second kappa shape index (κ2) is 6.43. The molecule has 2 rings (SSSR count). The summed E-state index contributed by atoms with van der Waals surface area (Å²) in [7, 11) is 0. The zero-order chi connectivity index (χ0) is 15.4. The fraction of sp³-hybridized carbons (Fsp3) is 0.375. The average Bonchev–Trinajstić information content (AvgIpc) is 2.47. The van der Waals surface area contributed by atoms with Crippen LogP contribution < -0.4 is 0 Å². The van der Waals surface area contributed by atoms with Crippen LogP contribution in [0.2, 0.25) is 0 Å². The van der Waals surface area contributed by atoms with Crippen molar-refractivity contribution in [1.82, 2.24) is 15.0 Å². The number of esters is 1. The second-order valence-electron chi connectivity index (χ2n) is 5.06. The second-order valence-corrected chi connectivity index (χ2v) is 5.06. The molecule has 5 heteroatoms. The Bertz CT molecular complexity index is 654. The van der Waals surface area contributed by atoms with Crippen molar-refractivity contribution in [2.75, 3.05) is 6.61 Å². The Hall–Kier alpha value is -2.30. The Kier molecular flexibility index (Phi) is 4.62. The molecule has 0 bridgehead atoms. The molecule has 5 nitrogen and oxygen atoms in total. The van der Waals surface area contributed by atoms with Crippen molar-refractivity contribution in [1.29, 1.82) is 0 Å². The SMILES string of the molecule is CCOC(=O)c1cnc(-c2cnccc2C)nc1C(C)C. The first kappa shape index (κ1) is 15.1. The van der Waals surface area contributed by atoms with Gasteiger partial charge in [0.25, 0.3) is 0 Å². The van der Waals surface area contributed by atoms with Crippen molar-refractivity contribution in [2.24, 2.45) is 0 Å². The Morgan fingerprint density at radius 3 is 2.71 bits per heavy atom. The molecule has 21 heavy (non-hydrogen) atoms. The molecular formula is C16H19N3O2. The lowest BCUT2D eigenvalue weighted by atomic mass is 10.0. The first-order valence-corrected chi connectivity index (χ1v) is 6.99. The van der Waals surface area contributed by atoms with Crippen molar-refractivity contribution in [3.63, 3.8) is 0 Å². The number of aryl methyl sites for hydroxylation is 1. The van der Waals surface area contributed by atoms with Gasteiger partial charge in [0, 0.05) is 24.2 Å². The van der Waals surface area contributed by atoms with Gasteiger partial charge >= 0.3 is 5.97 Å². The molecule has 0 amide bonds. The van der Waals surface area contributed by atoms with Crippen LogP contribution in [0, 0.1) is 6.92 Å². The van der Waals surface area contributed by atoms with Gasteiger partial charge in [-0.15, -0.1) is 0 Å². The van der Waals surface area contributed by atoms with Gasteiger partial charge in [0.2, 0.25) is 0 Å². The van der Waals surface area contributed by atoms with E-state index < -0.39 is 0 Å². The van der Waals surface area contributed by atoms with Crippen LogP contribution in [0.15, 0.2) is 24.7 Å². The molecule has 110 valence electrons. The molecule has 2 aromatic heterocycles. The molecule has 2 aromatic rings. The molecule has 0 saturated carbocycles. The molecule has 0 aromatic carbocycles. The van der Waals surface area contributed by atoms with Crippen molar-refractivity contribution < 1.29 is 9.53 Å². The van der Waals surface area contributed by atoms with Crippen LogP contribution in [0.3, 0.4) is 0 Å². The number of aromatic nitrogens is 3. The molecule has 0 fully saturated rings. The normalized spacial score (nSPS) is 10.7. The van der Waals surface area contributed by atoms with Gasteiger partial charge in [-0.2, -0.15) is 0 Å². The van der Waals surface area contributed by atoms with Crippen molar-refractivity contribution in [2.45, 2.75) is 33.6 Å². The standard InChI is InChI=1S/C16H19N3O2/c1-5-21-16(20)13-9-18-15(19-14(13)10(2)3)12-8-17-7-6-11(12)4/h6-10H,5H2,1-4H3. The summed E-state index contributed by atoms with van der Waals surface area (Å²) in [6.07, 6.45) is 5.01. The Balaban J connectivity index is 2.51. The first-order valence-electron chi connectivity index (χ1n) is 6.99. The third-order valence-electron chi connectivity index (χ3n) is 3.14. The number of hydrogen-bond donors (Lipinski definition) is 0. The van der Waals surface area contributed by atoms with Crippen LogP contribution >= 0.6 is 0 Å². The quantitative estimate of drug-likeness (QED) is 0.807. The first-order chi connectivity index (χ1) is 10.0. The number of carbonyl (C=O) groups excluding carboxylic acids is 1. The minimum absolute atomic E-state index is 0.100. The summed E-state index contributed by atoms with van der Waals surface area (Å²) in [4.78, 5) is 24.9. The van der Waals surface area contributed by atoms with E-state index in [1.807, 2.05) is 26.8 Å². The Labute approximate surface area is 124 Å². The molecule has 0 saturated heterocycles. The van der Waals surface area contributed by atoms with Crippen LogP contribution in [0.5, 0.6) is 0 Å². The number of pyridine rings is 1. The van der Waals surface area contributed by atoms with E-state index >= 15 is 0 Å². The lowest BCUT2D eigenvalue weighted by molar-refractivity contribution is 0.0523. The van der Waals surface area contributed by atoms with Gasteiger partial charge in [0.1, 0.15) is 0 Å². The maximum atomic E-state index is 12.0. The van der Waals surface area contributed by atoms with E-state index in [0.717, 1.165) is 11.1 Å². The number of rotatable bonds is 4. The van der Waals surface area contributed by atoms with Gasteiger partial charge in [0.05, 0.1) is 17.9 Å². The van der Waals surface area contributed by atoms with E-state index in [1.54, 1.807) is 25.5 Å². The lowest BCUT2D eigenvalue weighted by Gasteiger charge is -2.12. The molecule has 0 atom stereocenters. The molecule has 0 radical (unpaired) electrons. The van der Waals surface area contributed by atoms with Gasteiger partial charge in [0.15, 0.2) is 5.82 Å². The number of nitrogens with zero attached hydrogens (tertiary/aromatic N) is 3. The third-order valence-corrected chi connectivity index (χ3v) is 3.14. The van der Waals surface area contributed by atoms with Gasteiger partial charge < -0.3 is 4.74 Å². The predicted octanol–water partition coefficient (Wildman–Crippen LogP) is 3.15. The number of carbonyl (C=O) groups is 1. The smallest absolute Gasteiger partial charge is 0.341 e. The van der Waals surface area contributed by atoms with Crippen LogP contribution in [-0.2, 0) is 4.74 Å². The van der Waals surface area contributed by atoms with Gasteiger partial charge in [-0.25, -0.2) is 14.8 Å². The zero-order valence-corrected chi connectivity index (χ0v) is 12.8. The van der Waals surface area contributed by atoms with Gasteiger partial charge in [-0.1, -0.05) is 13.8 Å². The van der Waals surface area contributed by atoms with E-state index in [0.29, 0.717) is 23.7 Å². The maximum Gasteiger partial charge on any atom is 0.341 e. The molecule has 0 unspecified atom stereocenters. The Morgan fingerprint density at radius 1 is 1.33 bits per heavy atom. The zero-order valence-electron chi connectivity index (χ0n) is 12.8. The summed E-state index contributed by atoms with van der Waals surface area (Å²) >= 11 is 0. The maximum absolute atomic E-state index is 12.0. The van der Waals surface area contributed by atoms with Crippen molar-refractivity contribution in [3.8, 4) is 11.4 Å². The molecule has 0 aliphatic carbocycles. The molecule has 0 spiro atoms. The number of hydrogen-bond acceptors (Lipinski definition) is 5. The van der Waals surface area contributed by atoms with E-state index in [9.17, 15) is 4.79 Å². The summed E-state index contributed by atoms with van der Waals surface area (Å²) in [6, 6.07) is 1.91. The highest BCUT2D eigenvalue weighted by molar-refractivity contribution is 5.90. The minimum atomic E-state index is -0.379.